The Bertz CT molecular complexity index is 355. The summed E-state index contributed by atoms with van der Waals surface area (Å²) in [7, 11) is 1.77. The molecule has 0 fully saturated rings. The number of nitrogens with one attached hydrogen (secondary N) is 2. The second kappa shape index (κ2) is 10.6. The summed E-state index contributed by atoms with van der Waals surface area (Å²) in [5, 5.41) is 6.47. The standard InChI is InChI=1S/C12H21N3OS.HI/c1-4-16-8-7-14-12(13-3)15-9-11-6-5-10(2)17-11;/h5-6H,4,7-9H2,1-3H3,(H2,13,14,15);1H. The van der Waals surface area contributed by atoms with Gasteiger partial charge in [0.2, 0.25) is 0 Å². The molecule has 1 aromatic heterocycles. The number of hydrogen-bond acceptors (Lipinski definition) is 3. The molecular weight excluding hydrogens is 361 g/mol. The van der Waals surface area contributed by atoms with Gasteiger partial charge in [-0.25, -0.2) is 0 Å². The molecule has 4 nitrogen and oxygen atoms in total. The van der Waals surface area contributed by atoms with Crippen LogP contribution in [0.2, 0.25) is 0 Å². The lowest BCUT2D eigenvalue weighted by atomic mass is 10.4. The molecule has 0 aliphatic heterocycles. The molecule has 0 aliphatic carbocycles. The van der Waals surface area contributed by atoms with E-state index >= 15 is 0 Å². The van der Waals surface area contributed by atoms with Crippen LogP contribution in [-0.2, 0) is 11.3 Å². The van der Waals surface area contributed by atoms with Crippen molar-refractivity contribution in [2.45, 2.75) is 20.4 Å². The lowest BCUT2D eigenvalue weighted by Gasteiger charge is -2.10. The Morgan fingerprint density at radius 1 is 1.39 bits per heavy atom. The van der Waals surface area contributed by atoms with E-state index in [2.05, 4.69) is 34.7 Å². The first-order chi connectivity index (χ1) is 8.26. The highest BCUT2D eigenvalue weighted by Gasteiger charge is 1.99. The van der Waals surface area contributed by atoms with Crippen LogP contribution >= 0.6 is 35.3 Å². The first-order valence-electron chi connectivity index (χ1n) is 5.83. The summed E-state index contributed by atoms with van der Waals surface area (Å²) < 4.78 is 5.25. The van der Waals surface area contributed by atoms with E-state index in [0.29, 0.717) is 6.61 Å². The molecule has 0 atom stereocenters. The fourth-order valence-electron chi connectivity index (χ4n) is 1.36. The zero-order chi connectivity index (χ0) is 12.5. The number of halogens is 1. The molecule has 6 heteroatoms. The van der Waals surface area contributed by atoms with Crippen LogP contribution in [0.1, 0.15) is 16.7 Å². The normalized spacial score (nSPS) is 10.9. The molecular formula is C12H22IN3OS. The van der Waals surface area contributed by atoms with Crippen molar-refractivity contribution < 1.29 is 4.74 Å². The van der Waals surface area contributed by atoms with E-state index in [-0.39, 0.29) is 24.0 Å². The number of guanidine groups is 1. The fraction of sp³-hybridized carbons (Fsp3) is 0.583. The minimum absolute atomic E-state index is 0. The van der Waals surface area contributed by atoms with Crippen molar-refractivity contribution in [2.75, 3.05) is 26.8 Å². The van der Waals surface area contributed by atoms with Crippen LogP contribution in [-0.4, -0.2) is 32.8 Å². The van der Waals surface area contributed by atoms with Crippen molar-refractivity contribution in [3.63, 3.8) is 0 Å². The first kappa shape index (κ1) is 17.7. The summed E-state index contributed by atoms with van der Waals surface area (Å²) >= 11 is 1.80. The Balaban J connectivity index is 0.00000289. The van der Waals surface area contributed by atoms with E-state index in [0.717, 1.165) is 25.7 Å². The van der Waals surface area contributed by atoms with Crippen LogP contribution < -0.4 is 10.6 Å². The van der Waals surface area contributed by atoms with Gasteiger partial charge in [0.05, 0.1) is 13.2 Å². The van der Waals surface area contributed by atoms with Crippen LogP contribution in [0.25, 0.3) is 0 Å². The molecule has 18 heavy (non-hydrogen) atoms. The van der Waals surface area contributed by atoms with E-state index in [4.69, 9.17) is 4.74 Å². The van der Waals surface area contributed by atoms with E-state index in [9.17, 15) is 0 Å². The second-order valence-corrected chi connectivity index (χ2v) is 4.93. The van der Waals surface area contributed by atoms with E-state index in [1.54, 1.807) is 18.4 Å². The molecule has 1 heterocycles. The molecule has 0 bridgehead atoms. The molecule has 104 valence electrons. The lowest BCUT2D eigenvalue weighted by Crippen LogP contribution is -2.38. The maximum atomic E-state index is 5.25. The molecule has 1 aromatic rings. The van der Waals surface area contributed by atoms with Gasteiger partial charge in [0.25, 0.3) is 0 Å². The van der Waals surface area contributed by atoms with Gasteiger partial charge in [-0.2, -0.15) is 0 Å². The number of nitrogens with zero attached hydrogens (tertiary/aromatic N) is 1. The van der Waals surface area contributed by atoms with Gasteiger partial charge in [0.15, 0.2) is 5.96 Å². The smallest absolute Gasteiger partial charge is 0.191 e. The zero-order valence-corrected chi connectivity index (χ0v) is 14.3. The van der Waals surface area contributed by atoms with Crippen molar-refractivity contribution in [3.8, 4) is 0 Å². The second-order valence-electron chi connectivity index (χ2n) is 3.56. The van der Waals surface area contributed by atoms with E-state index in [1.165, 1.54) is 9.75 Å². The van der Waals surface area contributed by atoms with Crippen LogP contribution in [0, 0.1) is 6.92 Å². The average molecular weight is 383 g/mol. The maximum absolute atomic E-state index is 5.25. The molecule has 0 aromatic carbocycles. The van der Waals surface area contributed by atoms with Crippen molar-refractivity contribution in [1.82, 2.24) is 10.6 Å². The highest BCUT2D eigenvalue weighted by Crippen LogP contribution is 2.14. The summed E-state index contributed by atoms with van der Waals surface area (Å²) in [4.78, 5) is 6.80. The molecule has 0 amide bonds. The molecule has 0 aliphatic rings. The Labute approximate surface area is 130 Å². The van der Waals surface area contributed by atoms with Crippen molar-refractivity contribution in [1.29, 1.82) is 0 Å². The lowest BCUT2D eigenvalue weighted by molar-refractivity contribution is 0.152. The van der Waals surface area contributed by atoms with Crippen LogP contribution in [0.4, 0.5) is 0 Å². The third kappa shape index (κ3) is 7.17. The fourth-order valence-corrected chi connectivity index (χ4v) is 2.19. The van der Waals surface area contributed by atoms with Crippen LogP contribution in [0.5, 0.6) is 0 Å². The third-order valence-corrected chi connectivity index (χ3v) is 3.19. The number of rotatable bonds is 6. The summed E-state index contributed by atoms with van der Waals surface area (Å²) in [6.45, 7) is 7.15. The Kier molecular flexibility index (Phi) is 10.4. The Morgan fingerprint density at radius 2 is 2.17 bits per heavy atom. The highest BCUT2D eigenvalue weighted by atomic mass is 127. The first-order valence-corrected chi connectivity index (χ1v) is 6.65. The summed E-state index contributed by atoms with van der Waals surface area (Å²) in [6, 6.07) is 4.27. The number of aliphatic imine (C=N–C) groups is 1. The van der Waals surface area contributed by atoms with Gasteiger partial charge in [-0.3, -0.25) is 4.99 Å². The Morgan fingerprint density at radius 3 is 2.72 bits per heavy atom. The predicted molar refractivity (Wildman–Crippen MR) is 89.2 cm³/mol. The van der Waals surface area contributed by atoms with Crippen molar-refractivity contribution in [2.24, 2.45) is 4.99 Å². The van der Waals surface area contributed by atoms with Crippen LogP contribution in [0.3, 0.4) is 0 Å². The molecule has 0 unspecified atom stereocenters. The van der Waals surface area contributed by atoms with E-state index in [1.807, 2.05) is 6.92 Å². The molecule has 0 saturated carbocycles. The summed E-state index contributed by atoms with van der Waals surface area (Å²) in [6.07, 6.45) is 0. The molecule has 1 rings (SSSR count). The number of thiophene rings is 1. The van der Waals surface area contributed by atoms with Gasteiger partial charge in [-0.15, -0.1) is 35.3 Å². The Hall–Kier alpha value is -0.340. The number of hydrogen-bond donors (Lipinski definition) is 2. The van der Waals surface area contributed by atoms with Crippen molar-refractivity contribution in [3.05, 3.63) is 21.9 Å². The van der Waals surface area contributed by atoms with E-state index < -0.39 is 0 Å². The molecule has 0 radical (unpaired) electrons. The highest BCUT2D eigenvalue weighted by molar-refractivity contribution is 14.0. The average Bonchev–Trinajstić information content (AvgIpc) is 2.74. The third-order valence-electron chi connectivity index (χ3n) is 2.19. The molecule has 2 N–H and O–H groups in total. The quantitative estimate of drug-likeness (QED) is 0.343. The topological polar surface area (TPSA) is 45.6 Å². The van der Waals surface area contributed by atoms with Gasteiger partial charge in [-0.05, 0) is 26.0 Å². The predicted octanol–water partition coefficient (Wildman–Crippen LogP) is 2.38. The minimum atomic E-state index is 0. The van der Waals surface area contributed by atoms with Gasteiger partial charge in [-0.1, -0.05) is 0 Å². The largest absolute Gasteiger partial charge is 0.380 e. The van der Waals surface area contributed by atoms with Gasteiger partial charge in [0.1, 0.15) is 0 Å². The summed E-state index contributed by atoms with van der Waals surface area (Å²) in [5.74, 6) is 0.816. The SMILES string of the molecule is CCOCCNC(=NC)NCc1ccc(C)s1.I. The van der Waals surface area contributed by atoms with Crippen LogP contribution in [0.15, 0.2) is 17.1 Å². The van der Waals surface area contributed by atoms with Gasteiger partial charge >= 0.3 is 0 Å². The molecule has 0 saturated heterocycles. The van der Waals surface area contributed by atoms with Crippen molar-refractivity contribution >= 4 is 41.3 Å². The zero-order valence-electron chi connectivity index (χ0n) is 11.2. The maximum Gasteiger partial charge on any atom is 0.191 e. The number of aryl methyl sites for hydroxylation is 1. The van der Waals surface area contributed by atoms with Gasteiger partial charge in [0, 0.05) is 30.0 Å². The number of ether oxygens (including phenoxy) is 1. The molecule has 0 spiro atoms. The minimum Gasteiger partial charge on any atom is -0.380 e. The van der Waals surface area contributed by atoms with Gasteiger partial charge < -0.3 is 15.4 Å². The monoisotopic (exact) mass is 383 g/mol. The summed E-state index contributed by atoms with van der Waals surface area (Å²) in [5.41, 5.74) is 0.